The summed E-state index contributed by atoms with van der Waals surface area (Å²) in [5, 5.41) is 0. The van der Waals surface area contributed by atoms with Crippen molar-refractivity contribution in [2.45, 2.75) is 79.1 Å². The van der Waals surface area contributed by atoms with Crippen LogP contribution in [0, 0.1) is 0 Å². The summed E-state index contributed by atoms with van der Waals surface area (Å²) in [5.41, 5.74) is 8.28. The van der Waals surface area contributed by atoms with Crippen LogP contribution in [0.15, 0.2) is 48.8 Å². The number of halogens is 2. The van der Waals surface area contributed by atoms with E-state index < -0.39 is 0 Å². The summed E-state index contributed by atoms with van der Waals surface area (Å²) in [6.45, 7) is 18.4. The van der Waals surface area contributed by atoms with E-state index in [-0.39, 0.29) is 11.1 Å². The zero-order valence-electron chi connectivity index (χ0n) is 20.7. The Hall–Kier alpha value is -1.13. The number of rotatable bonds is 7. The molecule has 0 N–H and O–H groups in total. The van der Waals surface area contributed by atoms with Gasteiger partial charge >= 0.3 is 11.1 Å². The molecule has 1 aliphatic rings. The molecular weight excluding hydrogens is 522 g/mol. The van der Waals surface area contributed by atoms with Crippen LogP contribution < -0.4 is 9.62 Å². The van der Waals surface area contributed by atoms with E-state index in [0.29, 0.717) is 23.7 Å². The molecule has 0 bridgehead atoms. The van der Waals surface area contributed by atoms with Crippen LogP contribution in [0.25, 0.3) is 0 Å². The van der Waals surface area contributed by atoms with E-state index in [1.807, 2.05) is 0 Å². The van der Waals surface area contributed by atoms with Gasteiger partial charge < -0.3 is 9.62 Å². The highest BCUT2D eigenvalue weighted by Gasteiger charge is 2.44. The van der Waals surface area contributed by atoms with Gasteiger partial charge in [-0.25, -0.2) is 0 Å². The van der Waals surface area contributed by atoms with E-state index in [1.165, 1.54) is 33.6 Å². The topological polar surface area (TPSA) is 6.48 Å². The first-order valence-corrected chi connectivity index (χ1v) is 13.7. The van der Waals surface area contributed by atoms with Crippen LogP contribution in [-0.4, -0.2) is 11.1 Å². The fourth-order valence-corrected chi connectivity index (χ4v) is 5.75. The number of hydrogen-bond donors (Lipinski definition) is 0. The molecule has 170 valence electrons. The highest BCUT2D eigenvalue weighted by atomic mass is 79.9. The Balaban J connectivity index is 2.22. The maximum absolute atomic E-state index is 3.92. The van der Waals surface area contributed by atoms with Crippen LogP contribution in [0.2, 0.25) is 0 Å². The first-order valence-electron chi connectivity index (χ1n) is 11.8. The molecule has 2 aromatic carbocycles. The standard InChI is InChI=1S/C26H36B2Br2N2/c1-17(2)21-11-9-12-22(18(3)4)25(21)31-15-16-32(28(31)27(29)30)26-23(19(5)6)13-10-14-24(26)20(7)8/h9-20H,1-8H3. The van der Waals surface area contributed by atoms with Crippen molar-refractivity contribution < 1.29 is 0 Å². The fourth-order valence-electron chi connectivity index (χ4n) is 4.73. The minimum atomic E-state index is 0.0878. The number of nitrogens with zero attached hydrogens (tertiary/aromatic N) is 2. The van der Waals surface area contributed by atoms with Gasteiger partial charge in [0.25, 0.3) is 0 Å². The van der Waals surface area contributed by atoms with E-state index in [4.69, 9.17) is 0 Å². The predicted molar refractivity (Wildman–Crippen MR) is 153 cm³/mol. The molecule has 0 aromatic heterocycles. The minimum Gasteiger partial charge on any atom is -0.375 e. The third kappa shape index (κ3) is 4.87. The molecule has 2 aromatic rings. The van der Waals surface area contributed by atoms with Crippen molar-refractivity contribution >= 4 is 54.0 Å². The van der Waals surface area contributed by atoms with E-state index in [1.54, 1.807) is 0 Å². The summed E-state index contributed by atoms with van der Waals surface area (Å²) in [6, 6.07) is 13.6. The second kappa shape index (κ2) is 10.4. The molecule has 0 fully saturated rings. The summed E-state index contributed by atoms with van der Waals surface area (Å²) < 4.78 is 0.0884. The van der Waals surface area contributed by atoms with Crippen LogP contribution in [0.4, 0.5) is 11.4 Å². The number of benzene rings is 2. The lowest BCUT2D eigenvalue weighted by molar-refractivity contribution is 0.832. The molecule has 1 aliphatic heterocycles. The van der Waals surface area contributed by atoms with Crippen molar-refractivity contribution in [3.05, 3.63) is 71.1 Å². The summed E-state index contributed by atoms with van der Waals surface area (Å²) in [6.07, 6.45) is 4.54. The van der Waals surface area contributed by atoms with Gasteiger partial charge in [0.15, 0.2) is 0 Å². The molecule has 0 aliphatic carbocycles. The fraction of sp³-hybridized carbons (Fsp3) is 0.462. The summed E-state index contributed by atoms with van der Waals surface area (Å²) >= 11 is 7.83. The lowest BCUT2D eigenvalue weighted by atomic mass is 9.49. The summed E-state index contributed by atoms with van der Waals surface area (Å²) in [4.78, 5) is 4.94. The van der Waals surface area contributed by atoms with Crippen LogP contribution in [0.3, 0.4) is 0 Å². The number of hydrogen-bond acceptors (Lipinski definition) is 2. The number of para-hydroxylation sites is 2. The highest BCUT2D eigenvalue weighted by molar-refractivity contribution is 9.51. The Kier molecular flexibility index (Phi) is 8.30. The normalized spacial score (nSPS) is 14.1. The summed E-state index contributed by atoms with van der Waals surface area (Å²) in [5.74, 6) is 1.80. The van der Waals surface area contributed by atoms with Gasteiger partial charge in [-0.15, -0.1) is 31.5 Å². The lowest BCUT2D eigenvalue weighted by Gasteiger charge is -2.36. The van der Waals surface area contributed by atoms with Crippen LogP contribution >= 0.6 is 31.5 Å². The largest absolute Gasteiger partial charge is 0.375 e. The quantitative estimate of drug-likeness (QED) is 0.314. The average molecular weight is 558 g/mol. The molecule has 0 spiro atoms. The second-order valence-electron chi connectivity index (χ2n) is 10.0. The monoisotopic (exact) mass is 556 g/mol. The van der Waals surface area contributed by atoms with Gasteiger partial charge in [-0.3, -0.25) is 0 Å². The van der Waals surface area contributed by atoms with Crippen LogP contribution in [0.1, 0.15) is 101 Å². The second-order valence-corrected chi connectivity index (χ2v) is 13.3. The van der Waals surface area contributed by atoms with E-state index in [9.17, 15) is 0 Å². The van der Waals surface area contributed by atoms with Crippen LogP contribution in [0.5, 0.6) is 0 Å². The molecular formula is C26H36B2Br2N2. The van der Waals surface area contributed by atoms with Gasteiger partial charge in [-0.2, -0.15) is 0 Å². The zero-order chi connectivity index (χ0) is 23.7. The van der Waals surface area contributed by atoms with E-state index >= 15 is 0 Å². The molecule has 0 atom stereocenters. The Labute approximate surface area is 213 Å². The van der Waals surface area contributed by atoms with Gasteiger partial charge in [0.1, 0.15) is 0 Å². The Bertz CT molecular complexity index is 844. The molecule has 1 heterocycles. The molecule has 0 saturated heterocycles. The Morgan fingerprint density at radius 1 is 0.594 bits per heavy atom. The Morgan fingerprint density at radius 2 is 0.875 bits per heavy atom. The third-order valence-electron chi connectivity index (χ3n) is 6.38. The molecule has 2 nitrogen and oxygen atoms in total. The molecule has 0 saturated carbocycles. The highest BCUT2D eigenvalue weighted by Crippen LogP contribution is 2.43. The maximum atomic E-state index is 3.92. The first kappa shape index (κ1) is 25.5. The van der Waals surface area contributed by atoms with E-state index in [0.717, 1.165) is 0 Å². The van der Waals surface area contributed by atoms with Crippen molar-refractivity contribution in [3.8, 4) is 0 Å². The third-order valence-corrected chi connectivity index (χ3v) is 7.33. The molecule has 0 unspecified atom stereocenters. The van der Waals surface area contributed by atoms with Crippen molar-refractivity contribution in [3.63, 3.8) is 0 Å². The molecule has 0 amide bonds. The van der Waals surface area contributed by atoms with Gasteiger partial charge in [0, 0.05) is 23.8 Å². The van der Waals surface area contributed by atoms with Crippen LogP contribution in [-0.2, 0) is 0 Å². The average Bonchev–Trinajstić information content (AvgIpc) is 3.17. The molecule has 0 radical (unpaired) electrons. The van der Waals surface area contributed by atoms with Crippen molar-refractivity contribution in [1.82, 2.24) is 0 Å². The molecule has 6 heteroatoms. The van der Waals surface area contributed by atoms with Crippen molar-refractivity contribution in [2.24, 2.45) is 0 Å². The van der Waals surface area contributed by atoms with Gasteiger partial charge in [0.05, 0.1) is 0 Å². The first-order chi connectivity index (χ1) is 15.1. The van der Waals surface area contributed by atoms with Crippen molar-refractivity contribution in [2.75, 3.05) is 9.62 Å². The van der Waals surface area contributed by atoms with Gasteiger partial charge in [0.2, 0.25) is 0 Å². The lowest BCUT2D eigenvalue weighted by Crippen LogP contribution is -2.52. The number of anilines is 2. The SMILES string of the molecule is CC(C)c1cccc(C(C)C)c1N1C=CN(c2c(C(C)C)cccc2C(C)C)B1B(Br)Br. The maximum Gasteiger partial charge on any atom is 0.370 e. The molecule has 3 rings (SSSR count). The predicted octanol–water partition coefficient (Wildman–Crippen LogP) is 8.82. The zero-order valence-corrected chi connectivity index (χ0v) is 23.9. The van der Waals surface area contributed by atoms with Gasteiger partial charge in [-0.1, -0.05) is 91.8 Å². The minimum absolute atomic E-state index is 0.0878. The smallest absolute Gasteiger partial charge is 0.370 e. The molecule has 32 heavy (non-hydrogen) atoms. The van der Waals surface area contributed by atoms with Gasteiger partial charge in [-0.05, 0) is 45.9 Å². The van der Waals surface area contributed by atoms with Crippen molar-refractivity contribution in [1.29, 1.82) is 0 Å². The van der Waals surface area contributed by atoms with E-state index in [2.05, 4.69) is 145 Å². The Morgan fingerprint density at radius 3 is 1.09 bits per heavy atom. The summed E-state index contributed by atoms with van der Waals surface area (Å²) in [7, 11) is 0.